The maximum atomic E-state index is 12.9. The lowest BCUT2D eigenvalue weighted by atomic mass is 10.5. The number of nitrogens with zero attached hydrogens (tertiary/aromatic N) is 4. The van der Waals surface area contributed by atoms with Gasteiger partial charge >= 0.3 is 6.08 Å². The summed E-state index contributed by atoms with van der Waals surface area (Å²) in [5.41, 5.74) is 0.575. The highest BCUT2D eigenvalue weighted by molar-refractivity contribution is 6.33. The predicted molar refractivity (Wildman–Crippen MR) is 53.3 cm³/mol. The normalized spacial score (nSPS) is 11.2. The minimum absolute atomic E-state index is 0.0385. The smallest absolute Gasteiger partial charge is 0.312 e. The van der Waals surface area contributed by atoms with Crippen molar-refractivity contribution in [1.29, 1.82) is 0 Å². The maximum Gasteiger partial charge on any atom is 0.312 e. The Morgan fingerprint density at radius 1 is 1.50 bits per heavy atom. The van der Waals surface area contributed by atoms with Gasteiger partial charge in [-0.3, -0.25) is 4.57 Å². The van der Waals surface area contributed by atoms with Crippen LogP contribution < -0.4 is 0 Å². The van der Waals surface area contributed by atoms with Crippen LogP contribution in [-0.2, 0) is 11.5 Å². The number of aliphatic hydroxyl groups is 1. The van der Waals surface area contributed by atoms with Gasteiger partial charge in [-0.1, -0.05) is 11.6 Å². The van der Waals surface area contributed by atoms with Crippen LogP contribution in [0.5, 0.6) is 0 Å². The fraction of sp³-hybridized carbons (Fsp3) is 0.375. The van der Waals surface area contributed by atoms with Gasteiger partial charge < -0.3 is 9.84 Å². The first-order valence-corrected chi connectivity index (χ1v) is 4.82. The number of rotatable bonds is 4. The van der Waals surface area contributed by atoms with Gasteiger partial charge in [0.05, 0.1) is 19.5 Å². The number of fused-ring (bicyclic) bond motifs is 1. The van der Waals surface area contributed by atoms with Crippen molar-refractivity contribution in [3.63, 3.8) is 0 Å². The zero-order chi connectivity index (χ0) is 11.5. The summed E-state index contributed by atoms with van der Waals surface area (Å²) < 4.78 is 19.5. The average Bonchev–Trinajstić information content (AvgIpc) is 2.62. The van der Waals surface area contributed by atoms with Crippen LogP contribution in [0.3, 0.4) is 0 Å². The molecule has 0 aliphatic rings. The SMILES string of the molecule is OCCOCn1cnc2c(Cl)nc(F)nc21. The number of hydrogen-bond donors (Lipinski definition) is 1. The predicted octanol–water partition coefficient (Wildman–Crippen LogP) is 0.585. The lowest BCUT2D eigenvalue weighted by molar-refractivity contribution is 0.0498. The molecule has 86 valence electrons. The summed E-state index contributed by atoms with van der Waals surface area (Å²) in [5.74, 6) is 0. The van der Waals surface area contributed by atoms with E-state index in [0.29, 0.717) is 5.52 Å². The molecule has 0 aliphatic heterocycles. The third-order valence-corrected chi connectivity index (χ3v) is 2.12. The highest BCUT2D eigenvalue weighted by Gasteiger charge is 2.11. The molecule has 8 heteroatoms. The number of hydrogen-bond acceptors (Lipinski definition) is 5. The molecule has 16 heavy (non-hydrogen) atoms. The molecule has 0 aliphatic carbocycles. The first kappa shape index (κ1) is 11.2. The van der Waals surface area contributed by atoms with Crippen LogP contribution in [-0.4, -0.2) is 37.8 Å². The van der Waals surface area contributed by atoms with Gasteiger partial charge in [-0.05, 0) is 0 Å². The van der Waals surface area contributed by atoms with Gasteiger partial charge in [0.2, 0.25) is 0 Å². The van der Waals surface area contributed by atoms with E-state index in [9.17, 15) is 4.39 Å². The molecule has 2 aromatic rings. The molecule has 2 rings (SSSR count). The van der Waals surface area contributed by atoms with E-state index in [0.717, 1.165) is 0 Å². The fourth-order valence-corrected chi connectivity index (χ4v) is 1.41. The Morgan fingerprint density at radius 2 is 2.31 bits per heavy atom. The number of imidazole rings is 1. The van der Waals surface area contributed by atoms with Gasteiger partial charge in [0, 0.05) is 0 Å². The van der Waals surface area contributed by atoms with Crippen LogP contribution in [0.25, 0.3) is 11.2 Å². The molecule has 2 heterocycles. The van der Waals surface area contributed by atoms with E-state index < -0.39 is 6.08 Å². The molecular weight excluding hydrogens is 239 g/mol. The van der Waals surface area contributed by atoms with Crippen molar-refractivity contribution in [3.05, 3.63) is 17.6 Å². The number of aliphatic hydroxyl groups excluding tert-OH is 1. The first-order chi connectivity index (χ1) is 7.72. The van der Waals surface area contributed by atoms with Gasteiger partial charge in [0.25, 0.3) is 0 Å². The molecular formula is C8H8ClFN4O2. The Morgan fingerprint density at radius 3 is 3.06 bits per heavy atom. The first-order valence-electron chi connectivity index (χ1n) is 4.45. The molecule has 0 radical (unpaired) electrons. The van der Waals surface area contributed by atoms with Crippen molar-refractivity contribution in [2.75, 3.05) is 13.2 Å². The summed E-state index contributed by atoms with van der Waals surface area (Å²) >= 11 is 5.69. The topological polar surface area (TPSA) is 73.1 Å². The molecule has 2 aromatic heterocycles. The van der Waals surface area contributed by atoms with E-state index in [1.807, 2.05) is 0 Å². The largest absolute Gasteiger partial charge is 0.394 e. The van der Waals surface area contributed by atoms with E-state index in [1.165, 1.54) is 10.9 Å². The Hall–Kier alpha value is -1.31. The second-order valence-electron chi connectivity index (χ2n) is 2.93. The van der Waals surface area contributed by atoms with Gasteiger partial charge in [-0.25, -0.2) is 4.98 Å². The second kappa shape index (κ2) is 4.69. The molecule has 0 saturated carbocycles. The zero-order valence-corrected chi connectivity index (χ0v) is 8.85. The standard InChI is InChI=1S/C8H8ClFN4O2/c9-6-5-7(13-8(10)12-6)14(3-11-5)4-16-2-1-15/h3,15H,1-2,4H2. The minimum atomic E-state index is -0.915. The molecule has 0 fully saturated rings. The Balaban J connectivity index is 2.32. The summed E-state index contributed by atoms with van der Waals surface area (Å²) in [6.45, 7) is 0.210. The van der Waals surface area contributed by atoms with E-state index >= 15 is 0 Å². The molecule has 0 bridgehead atoms. The molecule has 0 unspecified atom stereocenters. The third-order valence-electron chi connectivity index (χ3n) is 1.86. The second-order valence-corrected chi connectivity index (χ2v) is 3.29. The van der Waals surface area contributed by atoms with Crippen molar-refractivity contribution in [3.8, 4) is 0 Å². The van der Waals surface area contributed by atoms with Crippen molar-refractivity contribution in [2.45, 2.75) is 6.73 Å². The quantitative estimate of drug-likeness (QED) is 0.485. The molecule has 1 N–H and O–H groups in total. The Kier molecular flexibility index (Phi) is 3.28. The lowest BCUT2D eigenvalue weighted by Crippen LogP contribution is -2.06. The van der Waals surface area contributed by atoms with E-state index in [4.69, 9.17) is 21.4 Å². The van der Waals surface area contributed by atoms with Crippen LogP contribution in [0, 0.1) is 6.08 Å². The van der Waals surface area contributed by atoms with Crippen molar-refractivity contribution >= 4 is 22.8 Å². The monoisotopic (exact) mass is 246 g/mol. The summed E-state index contributed by atoms with van der Waals surface area (Å²) in [4.78, 5) is 10.8. The highest BCUT2D eigenvalue weighted by Crippen LogP contribution is 2.18. The number of halogens is 2. The van der Waals surface area contributed by atoms with Crippen molar-refractivity contribution < 1.29 is 14.2 Å². The van der Waals surface area contributed by atoms with E-state index in [2.05, 4.69) is 15.0 Å². The molecule has 0 aromatic carbocycles. The van der Waals surface area contributed by atoms with Gasteiger partial charge in [-0.2, -0.15) is 14.4 Å². The van der Waals surface area contributed by atoms with Crippen molar-refractivity contribution in [2.24, 2.45) is 0 Å². The number of ether oxygens (including phenoxy) is 1. The van der Waals surface area contributed by atoms with Gasteiger partial charge in [0.1, 0.15) is 12.2 Å². The van der Waals surface area contributed by atoms with Crippen LogP contribution in [0.4, 0.5) is 4.39 Å². The van der Waals surface area contributed by atoms with Crippen LogP contribution >= 0.6 is 11.6 Å². The molecule has 0 amide bonds. The lowest BCUT2D eigenvalue weighted by Gasteiger charge is -2.03. The summed E-state index contributed by atoms with van der Waals surface area (Å²) in [6.07, 6.45) is 0.503. The fourth-order valence-electron chi connectivity index (χ4n) is 1.21. The molecule has 0 spiro atoms. The summed E-state index contributed by atoms with van der Waals surface area (Å²) in [5, 5.41) is 8.50. The Labute approximate surface area is 94.7 Å². The van der Waals surface area contributed by atoms with Crippen LogP contribution in [0.2, 0.25) is 5.15 Å². The van der Waals surface area contributed by atoms with E-state index in [1.54, 1.807) is 0 Å². The summed E-state index contributed by atoms with van der Waals surface area (Å²) in [7, 11) is 0. The Bertz CT molecular complexity index is 504. The van der Waals surface area contributed by atoms with Crippen LogP contribution in [0.15, 0.2) is 6.33 Å². The van der Waals surface area contributed by atoms with E-state index in [-0.39, 0.29) is 30.7 Å². The van der Waals surface area contributed by atoms with Crippen LogP contribution in [0.1, 0.15) is 0 Å². The maximum absolute atomic E-state index is 12.9. The van der Waals surface area contributed by atoms with Crippen molar-refractivity contribution in [1.82, 2.24) is 19.5 Å². The molecule has 6 nitrogen and oxygen atoms in total. The van der Waals surface area contributed by atoms with Gasteiger partial charge in [-0.15, -0.1) is 0 Å². The zero-order valence-electron chi connectivity index (χ0n) is 8.10. The summed E-state index contributed by atoms with van der Waals surface area (Å²) in [6, 6.07) is 0. The highest BCUT2D eigenvalue weighted by atomic mass is 35.5. The molecule has 0 saturated heterocycles. The molecule has 0 atom stereocenters. The van der Waals surface area contributed by atoms with Gasteiger partial charge in [0.15, 0.2) is 10.8 Å². The minimum Gasteiger partial charge on any atom is -0.394 e. The third kappa shape index (κ3) is 2.11. The number of aromatic nitrogens is 4. The average molecular weight is 247 g/mol.